The van der Waals surface area contributed by atoms with Gasteiger partial charge in [-0.3, -0.25) is 19.4 Å². The summed E-state index contributed by atoms with van der Waals surface area (Å²) in [6.45, 7) is 4.44. The van der Waals surface area contributed by atoms with Gasteiger partial charge in [-0.25, -0.2) is 4.79 Å². The lowest BCUT2D eigenvalue weighted by Gasteiger charge is -2.35. The molecular formula is C28H28ClN7O3. The fraction of sp³-hybridized carbons (Fsp3) is 0.321. The number of carbonyl (C=O) groups excluding carboxylic acids is 2. The van der Waals surface area contributed by atoms with Crippen LogP contribution < -0.4 is 10.1 Å². The molecule has 2 atom stereocenters. The molecule has 1 fully saturated rings. The Hall–Kier alpha value is -4.36. The van der Waals surface area contributed by atoms with Gasteiger partial charge < -0.3 is 15.0 Å². The number of amides is 3. The molecule has 200 valence electrons. The first kappa shape index (κ1) is 26.3. The van der Waals surface area contributed by atoms with Crippen LogP contribution in [0.2, 0.25) is 5.02 Å². The van der Waals surface area contributed by atoms with Crippen molar-refractivity contribution in [1.82, 2.24) is 24.9 Å². The molecule has 39 heavy (non-hydrogen) atoms. The Kier molecular flexibility index (Phi) is 7.26. The predicted molar refractivity (Wildman–Crippen MR) is 145 cm³/mol. The minimum Gasteiger partial charge on any atom is -0.490 e. The standard InChI is InChI=1S/C28H28ClN7O3/c1-17(2)39-23-14-18(15-30)4-9-21(23)27-32-25(22-10-12-34(3)33-22)26(19-5-7-20(29)8-6-19)36(27)28(38)35-13-11-31-24(37)16-35/h4-10,12,14,17,25-26H,11,13,16H2,1-3H3,(H,31,37)/t25-,26+/m0/s1. The summed E-state index contributed by atoms with van der Waals surface area (Å²) in [7, 11) is 1.82. The number of hydrogen-bond acceptors (Lipinski definition) is 6. The first-order chi connectivity index (χ1) is 18.7. The van der Waals surface area contributed by atoms with Gasteiger partial charge in [0.15, 0.2) is 0 Å². The van der Waals surface area contributed by atoms with E-state index in [1.807, 2.05) is 45.3 Å². The molecule has 11 heteroatoms. The van der Waals surface area contributed by atoms with E-state index in [9.17, 15) is 14.9 Å². The first-order valence-electron chi connectivity index (χ1n) is 12.6. The third-order valence-electron chi connectivity index (χ3n) is 6.54. The summed E-state index contributed by atoms with van der Waals surface area (Å²) in [5.41, 5.74) is 2.48. The second-order valence-electron chi connectivity index (χ2n) is 9.72. The monoisotopic (exact) mass is 545 g/mol. The highest BCUT2D eigenvalue weighted by Gasteiger charge is 2.46. The number of piperazine rings is 1. The van der Waals surface area contributed by atoms with E-state index in [1.54, 1.807) is 39.9 Å². The van der Waals surface area contributed by atoms with Crippen LogP contribution in [0.3, 0.4) is 0 Å². The van der Waals surface area contributed by atoms with Crippen molar-refractivity contribution in [3.63, 3.8) is 0 Å². The van der Waals surface area contributed by atoms with Crippen LogP contribution in [-0.2, 0) is 11.8 Å². The lowest BCUT2D eigenvalue weighted by molar-refractivity contribution is -0.123. The van der Waals surface area contributed by atoms with Crippen LogP contribution in [0.1, 0.15) is 48.3 Å². The molecule has 2 aliphatic rings. The number of nitrogens with one attached hydrogen (secondary N) is 1. The summed E-state index contributed by atoms with van der Waals surface area (Å²) in [5, 5.41) is 17.5. The number of nitriles is 1. The molecule has 10 nitrogen and oxygen atoms in total. The zero-order valence-electron chi connectivity index (χ0n) is 21.8. The molecule has 0 saturated carbocycles. The Morgan fingerprint density at radius 2 is 1.97 bits per heavy atom. The van der Waals surface area contributed by atoms with Gasteiger partial charge in [0, 0.05) is 31.4 Å². The van der Waals surface area contributed by atoms with E-state index in [0.717, 1.165) is 5.56 Å². The largest absolute Gasteiger partial charge is 0.490 e. The van der Waals surface area contributed by atoms with Gasteiger partial charge in [-0.1, -0.05) is 23.7 Å². The van der Waals surface area contributed by atoms with Crippen LogP contribution >= 0.6 is 11.6 Å². The summed E-state index contributed by atoms with van der Waals surface area (Å²) in [6, 6.07) is 14.9. The molecular weight excluding hydrogens is 518 g/mol. The van der Waals surface area contributed by atoms with E-state index in [4.69, 9.17) is 21.3 Å². The Morgan fingerprint density at radius 3 is 2.62 bits per heavy atom. The molecule has 0 aliphatic carbocycles. The van der Waals surface area contributed by atoms with Crippen molar-refractivity contribution in [2.75, 3.05) is 19.6 Å². The molecule has 0 unspecified atom stereocenters. The summed E-state index contributed by atoms with van der Waals surface area (Å²) in [5.74, 6) is 0.592. The molecule has 2 aliphatic heterocycles. The van der Waals surface area contributed by atoms with Crippen molar-refractivity contribution < 1.29 is 14.3 Å². The van der Waals surface area contributed by atoms with E-state index in [0.29, 0.717) is 46.5 Å². The Morgan fingerprint density at radius 1 is 1.21 bits per heavy atom. The summed E-state index contributed by atoms with van der Waals surface area (Å²) >= 11 is 6.21. The van der Waals surface area contributed by atoms with Crippen molar-refractivity contribution in [3.05, 3.63) is 82.1 Å². The average Bonchev–Trinajstić information content (AvgIpc) is 3.52. The lowest BCUT2D eigenvalue weighted by atomic mass is 9.97. The van der Waals surface area contributed by atoms with Crippen molar-refractivity contribution in [2.45, 2.75) is 32.0 Å². The molecule has 2 aromatic carbocycles. The van der Waals surface area contributed by atoms with E-state index in [2.05, 4.69) is 16.5 Å². The molecule has 0 spiro atoms. The fourth-order valence-electron chi connectivity index (χ4n) is 4.84. The number of nitrogens with zero attached hydrogens (tertiary/aromatic N) is 6. The lowest BCUT2D eigenvalue weighted by Crippen LogP contribution is -2.55. The normalized spacial score (nSPS) is 19.1. The zero-order valence-corrected chi connectivity index (χ0v) is 22.6. The maximum Gasteiger partial charge on any atom is 0.326 e. The number of halogens is 1. The molecule has 1 saturated heterocycles. The number of aryl methyl sites for hydroxylation is 1. The van der Waals surface area contributed by atoms with Gasteiger partial charge in [-0.2, -0.15) is 10.4 Å². The van der Waals surface area contributed by atoms with Gasteiger partial charge in [-0.05, 0) is 55.8 Å². The number of amidine groups is 1. The van der Waals surface area contributed by atoms with Crippen LogP contribution in [-0.4, -0.2) is 63.1 Å². The van der Waals surface area contributed by atoms with Gasteiger partial charge in [0.2, 0.25) is 5.91 Å². The number of aliphatic imine (C=N–C) groups is 1. The van der Waals surface area contributed by atoms with Crippen molar-refractivity contribution >= 4 is 29.4 Å². The highest BCUT2D eigenvalue weighted by Crippen LogP contribution is 2.45. The molecule has 1 N–H and O–H groups in total. The van der Waals surface area contributed by atoms with Crippen molar-refractivity contribution in [3.8, 4) is 11.8 Å². The maximum atomic E-state index is 14.3. The van der Waals surface area contributed by atoms with Gasteiger partial charge in [0.25, 0.3) is 0 Å². The minimum absolute atomic E-state index is 0.0626. The molecule has 3 heterocycles. The maximum absolute atomic E-state index is 14.3. The third kappa shape index (κ3) is 5.31. The van der Waals surface area contributed by atoms with Crippen molar-refractivity contribution in [1.29, 1.82) is 5.26 Å². The molecule has 1 aromatic heterocycles. The SMILES string of the molecule is CC(C)Oc1cc(C#N)ccc1C1=N[C@@H](c2ccn(C)n2)[C@@H](c2ccc(Cl)cc2)N1C(=O)N1CCNC(=O)C1. The molecule has 3 amide bonds. The Bertz CT molecular complexity index is 1480. The Balaban J connectivity index is 1.71. The molecule has 0 bridgehead atoms. The summed E-state index contributed by atoms with van der Waals surface area (Å²) < 4.78 is 7.80. The van der Waals surface area contributed by atoms with Crippen LogP contribution in [0, 0.1) is 11.3 Å². The zero-order chi connectivity index (χ0) is 27.7. The minimum atomic E-state index is -0.577. The Labute approximate surface area is 231 Å². The van der Waals surface area contributed by atoms with Crippen LogP contribution in [0.4, 0.5) is 4.79 Å². The van der Waals surface area contributed by atoms with Crippen LogP contribution in [0.5, 0.6) is 5.75 Å². The van der Waals surface area contributed by atoms with Gasteiger partial charge in [0.05, 0.1) is 35.0 Å². The van der Waals surface area contributed by atoms with E-state index >= 15 is 0 Å². The van der Waals surface area contributed by atoms with E-state index in [-0.39, 0.29) is 24.6 Å². The predicted octanol–water partition coefficient (Wildman–Crippen LogP) is 3.83. The van der Waals surface area contributed by atoms with Crippen LogP contribution in [0.25, 0.3) is 0 Å². The molecule has 5 rings (SSSR count). The number of aromatic nitrogens is 2. The summed E-state index contributed by atoms with van der Waals surface area (Å²) in [4.78, 5) is 34.7. The highest BCUT2D eigenvalue weighted by molar-refractivity contribution is 6.30. The first-order valence-corrected chi connectivity index (χ1v) is 13.0. The van der Waals surface area contributed by atoms with Crippen molar-refractivity contribution in [2.24, 2.45) is 12.0 Å². The van der Waals surface area contributed by atoms with Gasteiger partial charge >= 0.3 is 6.03 Å². The number of benzene rings is 2. The summed E-state index contributed by atoms with van der Waals surface area (Å²) in [6.07, 6.45) is 1.64. The van der Waals surface area contributed by atoms with E-state index in [1.165, 1.54) is 4.90 Å². The number of ether oxygens (including phenoxy) is 1. The van der Waals surface area contributed by atoms with Crippen LogP contribution in [0.15, 0.2) is 59.7 Å². The van der Waals surface area contributed by atoms with Gasteiger partial charge in [0.1, 0.15) is 24.2 Å². The fourth-order valence-corrected chi connectivity index (χ4v) is 4.96. The quantitative estimate of drug-likeness (QED) is 0.523. The van der Waals surface area contributed by atoms with E-state index < -0.39 is 12.1 Å². The molecule has 0 radical (unpaired) electrons. The smallest absolute Gasteiger partial charge is 0.326 e. The average molecular weight is 546 g/mol. The topological polar surface area (TPSA) is 116 Å². The number of rotatable bonds is 5. The number of urea groups is 1. The van der Waals surface area contributed by atoms with Gasteiger partial charge in [-0.15, -0.1) is 0 Å². The molecule has 3 aromatic rings. The highest BCUT2D eigenvalue weighted by atomic mass is 35.5. The third-order valence-corrected chi connectivity index (χ3v) is 6.80. The number of carbonyl (C=O) groups is 2. The second-order valence-corrected chi connectivity index (χ2v) is 10.2. The number of hydrogen-bond donors (Lipinski definition) is 1. The second kappa shape index (κ2) is 10.8.